The number of nitrogens with zero attached hydrogens (tertiary/aromatic N) is 3. The normalized spacial score (nSPS) is 10.6. The lowest BCUT2D eigenvalue weighted by Gasteiger charge is -2.16. The molecule has 0 aliphatic rings. The van der Waals surface area contributed by atoms with Crippen molar-refractivity contribution < 1.29 is 4.79 Å². The zero-order valence-electron chi connectivity index (χ0n) is 15.3. The molecule has 1 aromatic heterocycles. The Morgan fingerprint density at radius 1 is 1.32 bits per heavy atom. The van der Waals surface area contributed by atoms with Crippen molar-refractivity contribution in [2.75, 3.05) is 12.3 Å². The van der Waals surface area contributed by atoms with E-state index in [4.69, 9.17) is 16.9 Å². The molecular weight excluding hydrogens is 396 g/mol. The third-order valence-corrected chi connectivity index (χ3v) is 5.49. The smallest absolute Gasteiger partial charge is 0.266 e. The third-order valence-electron chi connectivity index (χ3n) is 4.31. The Kier molecular flexibility index (Phi) is 6.02. The maximum Gasteiger partial charge on any atom is 0.266 e. The summed E-state index contributed by atoms with van der Waals surface area (Å²) in [5, 5.41) is 12.4. The fraction of sp³-hybridized carbons (Fsp3) is 0.200. The van der Waals surface area contributed by atoms with Crippen molar-refractivity contribution in [3.63, 3.8) is 0 Å². The summed E-state index contributed by atoms with van der Waals surface area (Å²) in [6.07, 6.45) is 0. The molecule has 0 spiro atoms. The number of halogens is 1. The molecule has 0 aliphatic heterocycles. The molecule has 6 nitrogen and oxygen atoms in total. The second kappa shape index (κ2) is 8.46. The highest BCUT2D eigenvalue weighted by Gasteiger charge is 2.17. The molecule has 0 fully saturated rings. The summed E-state index contributed by atoms with van der Waals surface area (Å²) in [6.45, 7) is 3.85. The number of carbonyl (C=O) groups is 1. The van der Waals surface area contributed by atoms with Crippen molar-refractivity contribution in [3.05, 3.63) is 62.9 Å². The van der Waals surface area contributed by atoms with E-state index >= 15 is 0 Å². The first-order chi connectivity index (χ1) is 13.4. The number of aryl methyl sites for hydroxylation is 1. The van der Waals surface area contributed by atoms with Crippen molar-refractivity contribution in [2.45, 2.75) is 19.0 Å². The highest BCUT2D eigenvalue weighted by Crippen LogP contribution is 2.25. The summed E-state index contributed by atoms with van der Waals surface area (Å²) < 4.78 is 1.53. The number of amides is 1. The van der Waals surface area contributed by atoms with E-state index in [0.29, 0.717) is 26.8 Å². The van der Waals surface area contributed by atoms with E-state index in [1.807, 2.05) is 38.1 Å². The van der Waals surface area contributed by atoms with Gasteiger partial charge in [0.1, 0.15) is 6.54 Å². The van der Waals surface area contributed by atoms with Gasteiger partial charge in [-0.1, -0.05) is 35.5 Å². The molecule has 2 aromatic carbocycles. The summed E-state index contributed by atoms with van der Waals surface area (Å²) >= 11 is 7.20. The van der Waals surface area contributed by atoms with Crippen LogP contribution in [0, 0.1) is 25.2 Å². The molecule has 28 heavy (non-hydrogen) atoms. The summed E-state index contributed by atoms with van der Waals surface area (Å²) in [7, 11) is 0. The molecule has 0 unspecified atom stereocenters. The number of fused-ring (bicyclic) bond motifs is 1. The Balaban J connectivity index is 2.16. The molecule has 3 aromatic rings. The van der Waals surface area contributed by atoms with Gasteiger partial charge in [-0.2, -0.15) is 5.26 Å². The van der Waals surface area contributed by atoms with Gasteiger partial charge < -0.3 is 5.32 Å². The molecule has 1 amide bonds. The second-order valence-corrected chi connectivity index (χ2v) is 7.52. The molecule has 0 radical (unpaired) electrons. The Morgan fingerprint density at radius 3 is 2.86 bits per heavy atom. The quantitative estimate of drug-likeness (QED) is 0.394. The van der Waals surface area contributed by atoms with E-state index in [-0.39, 0.29) is 23.8 Å². The molecule has 8 heteroatoms. The lowest BCUT2D eigenvalue weighted by atomic mass is 10.1. The van der Waals surface area contributed by atoms with Crippen LogP contribution in [0.4, 0.5) is 0 Å². The molecule has 0 saturated carbocycles. The van der Waals surface area contributed by atoms with Crippen LogP contribution in [0.25, 0.3) is 16.6 Å². The van der Waals surface area contributed by atoms with Gasteiger partial charge in [-0.15, -0.1) is 0 Å². The zero-order valence-corrected chi connectivity index (χ0v) is 16.9. The van der Waals surface area contributed by atoms with Crippen LogP contribution < -0.4 is 10.9 Å². The Morgan fingerprint density at radius 2 is 2.11 bits per heavy atom. The van der Waals surface area contributed by atoms with Crippen molar-refractivity contribution in [1.29, 1.82) is 5.26 Å². The Hall–Kier alpha value is -2.82. The van der Waals surface area contributed by atoms with Crippen molar-refractivity contribution in [2.24, 2.45) is 0 Å². The van der Waals surface area contributed by atoms with Crippen LogP contribution in [-0.4, -0.2) is 27.8 Å². The van der Waals surface area contributed by atoms with Crippen molar-refractivity contribution in [1.82, 2.24) is 14.9 Å². The maximum atomic E-state index is 13.3. The highest BCUT2D eigenvalue weighted by atomic mass is 35.5. The van der Waals surface area contributed by atoms with Gasteiger partial charge in [0.25, 0.3) is 5.56 Å². The zero-order chi connectivity index (χ0) is 20.3. The van der Waals surface area contributed by atoms with Crippen LogP contribution in [0.3, 0.4) is 0 Å². The number of nitrogens with one attached hydrogen (secondary N) is 1. The molecule has 3 rings (SSSR count). The average molecular weight is 413 g/mol. The first-order valence-corrected chi connectivity index (χ1v) is 9.84. The van der Waals surface area contributed by atoms with Crippen LogP contribution in [0.5, 0.6) is 0 Å². The van der Waals surface area contributed by atoms with Gasteiger partial charge in [0.05, 0.1) is 28.4 Å². The second-order valence-electron chi connectivity index (χ2n) is 6.14. The van der Waals surface area contributed by atoms with Gasteiger partial charge in [0.2, 0.25) is 5.91 Å². The van der Waals surface area contributed by atoms with Gasteiger partial charge in [-0.05, 0) is 49.2 Å². The minimum Gasteiger partial charge on any atom is -0.342 e. The minimum atomic E-state index is -0.306. The first-order valence-electron chi connectivity index (χ1n) is 8.47. The summed E-state index contributed by atoms with van der Waals surface area (Å²) in [5.74, 6) is -0.273. The standard InChI is InChI=1S/C20H17ClN4O2S/c1-12-4-3-5-17(13(12)2)25-19(27)15-7-6-14(21)10-16(15)24-20(25)28-11-18(26)23-9-8-22/h3-7,10H,9,11H2,1-2H3,(H,23,26). The summed E-state index contributed by atoms with van der Waals surface area (Å²) in [4.78, 5) is 29.8. The SMILES string of the molecule is Cc1cccc(-n2c(SCC(=O)NCC#N)nc3cc(Cl)ccc3c2=O)c1C. The van der Waals surface area contributed by atoms with Crippen molar-refractivity contribution in [3.8, 4) is 11.8 Å². The van der Waals surface area contributed by atoms with Crippen LogP contribution in [0.1, 0.15) is 11.1 Å². The van der Waals surface area contributed by atoms with Gasteiger partial charge in [-0.3, -0.25) is 14.2 Å². The van der Waals surface area contributed by atoms with Gasteiger partial charge in [0.15, 0.2) is 5.16 Å². The lowest BCUT2D eigenvalue weighted by molar-refractivity contribution is -0.118. The molecule has 142 valence electrons. The predicted octanol–water partition coefficient (Wildman–Crippen LogP) is 3.39. The number of carbonyl (C=O) groups excluding carboxylic acids is 1. The summed E-state index contributed by atoms with van der Waals surface area (Å²) in [5.41, 5.74) is 2.96. The first kappa shape index (κ1) is 19.9. The van der Waals surface area contributed by atoms with Crippen LogP contribution in [0.15, 0.2) is 46.3 Å². The fourth-order valence-corrected chi connectivity index (χ4v) is 3.75. The summed E-state index contributed by atoms with van der Waals surface area (Å²) in [6, 6.07) is 12.5. The van der Waals surface area contributed by atoms with Gasteiger partial charge >= 0.3 is 0 Å². The molecule has 0 saturated heterocycles. The van der Waals surface area contributed by atoms with E-state index in [1.165, 1.54) is 4.57 Å². The average Bonchev–Trinajstić information content (AvgIpc) is 2.67. The number of aromatic nitrogens is 2. The van der Waals surface area contributed by atoms with Crippen LogP contribution >= 0.6 is 23.4 Å². The molecule has 1 heterocycles. The Bertz CT molecular complexity index is 1170. The van der Waals surface area contributed by atoms with Crippen molar-refractivity contribution >= 4 is 40.2 Å². The number of benzene rings is 2. The number of thioether (sulfide) groups is 1. The maximum absolute atomic E-state index is 13.3. The number of nitriles is 1. The van der Waals surface area contributed by atoms with E-state index in [0.717, 1.165) is 22.9 Å². The minimum absolute atomic E-state index is 0.0328. The van der Waals surface area contributed by atoms with Gasteiger partial charge in [0, 0.05) is 5.02 Å². The molecule has 0 aliphatic carbocycles. The lowest BCUT2D eigenvalue weighted by Crippen LogP contribution is -2.27. The number of hydrogen-bond acceptors (Lipinski definition) is 5. The number of rotatable bonds is 5. The molecule has 0 bridgehead atoms. The van der Waals surface area contributed by atoms with E-state index in [9.17, 15) is 9.59 Å². The van der Waals surface area contributed by atoms with E-state index < -0.39 is 0 Å². The third kappa shape index (κ3) is 4.03. The van der Waals surface area contributed by atoms with Crippen LogP contribution in [0.2, 0.25) is 5.02 Å². The topological polar surface area (TPSA) is 87.8 Å². The monoisotopic (exact) mass is 412 g/mol. The Labute approximate surface area is 171 Å². The predicted molar refractivity (Wildman–Crippen MR) is 111 cm³/mol. The van der Waals surface area contributed by atoms with E-state index in [2.05, 4.69) is 10.3 Å². The largest absolute Gasteiger partial charge is 0.342 e. The van der Waals surface area contributed by atoms with Gasteiger partial charge in [-0.25, -0.2) is 4.98 Å². The molecule has 1 N–H and O–H groups in total. The highest BCUT2D eigenvalue weighted by molar-refractivity contribution is 7.99. The van der Waals surface area contributed by atoms with E-state index in [1.54, 1.807) is 18.2 Å². The van der Waals surface area contributed by atoms with Crippen LogP contribution in [-0.2, 0) is 4.79 Å². The number of hydrogen-bond donors (Lipinski definition) is 1. The molecule has 0 atom stereocenters. The fourth-order valence-electron chi connectivity index (χ4n) is 2.74. The molecular formula is C20H17ClN4O2S.